The molecule has 0 N–H and O–H groups in total. The summed E-state index contributed by atoms with van der Waals surface area (Å²) in [5.41, 5.74) is 10.1. The summed E-state index contributed by atoms with van der Waals surface area (Å²) in [5.74, 6) is 0.720. The molecule has 0 amide bonds. The first kappa shape index (κ1) is 37.4. The number of hydrogen-bond acceptors (Lipinski definition) is 3. The third-order valence-electron chi connectivity index (χ3n) is 11.0. The Hall–Kier alpha value is -6.89. The number of hydrogen-bond donors (Lipinski definition) is 0. The van der Waals surface area contributed by atoms with Gasteiger partial charge in [0, 0.05) is 26.8 Å². The van der Waals surface area contributed by atoms with Crippen LogP contribution >= 0.6 is 14.4 Å². The van der Waals surface area contributed by atoms with Crippen LogP contribution in [0.4, 0.5) is 0 Å². The lowest BCUT2D eigenvalue weighted by Crippen LogP contribution is -2.24. The maximum atomic E-state index is 6.41. The first-order chi connectivity index (χ1) is 29.7. The van der Waals surface area contributed by atoms with Gasteiger partial charge in [0.25, 0.3) is 0 Å². The second-order valence-electron chi connectivity index (χ2n) is 14.8. The van der Waals surface area contributed by atoms with E-state index in [9.17, 15) is 0 Å². The summed E-state index contributed by atoms with van der Waals surface area (Å²) in [6.45, 7) is 0. The standard InChI is InChI=1S/C55H41N3P2/c1-6-20-42(21-7-1)47-30-16-34-51(38-47)59(52-35-17-31-48(39-52)43-22-8-2-9-23-43)56-55(46-28-14-5-15-29-46)57-60(58-59,53-36-18-32-49(40-53)44-24-10-3-11-25-44)54-37-19-33-50(41-54)45-26-12-4-13-27-45/h1-41H. The highest BCUT2D eigenvalue weighted by molar-refractivity contribution is 7.91. The molecule has 10 rings (SSSR count). The van der Waals surface area contributed by atoms with E-state index in [4.69, 9.17) is 14.0 Å². The van der Waals surface area contributed by atoms with Gasteiger partial charge in [0.15, 0.2) is 5.84 Å². The highest BCUT2D eigenvalue weighted by Crippen LogP contribution is 2.66. The van der Waals surface area contributed by atoms with Crippen molar-refractivity contribution in [2.45, 2.75) is 0 Å². The molecule has 0 aromatic heterocycles. The van der Waals surface area contributed by atoms with Gasteiger partial charge in [0.2, 0.25) is 0 Å². The predicted octanol–water partition coefficient (Wildman–Crippen LogP) is 13.6. The van der Waals surface area contributed by atoms with E-state index in [1.807, 2.05) is 0 Å². The summed E-state index contributed by atoms with van der Waals surface area (Å²) in [6.07, 6.45) is 0. The van der Waals surface area contributed by atoms with Gasteiger partial charge in [-0.25, -0.2) is 14.0 Å². The van der Waals surface area contributed by atoms with E-state index in [-0.39, 0.29) is 0 Å². The molecule has 0 radical (unpaired) electrons. The lowest BCUT2D eigenvalue weighted by molar-refractivity contribution is 1.51. The van der Waals surface area contributed by atoms with Crippen molar-refractivity contribution >= 4 is 41.5 Å². The minimum atomic E-state index is -3.07. The molecule has 1 aliphatic heterocycles. The zero-order valence-electron chi connectivity index (χ0n) is 32.9. The minimum absolute atomic E-state index is 0.720. The number of amidine groups is 1. The van der Waals surface area contributed by atoms with Crippen molar-refractivity contribution in [1.29, 1.82) is 0 Å². The van der Waals surface area contributed by atoms with Gasteiger partial charge < -0.3 is 0 Å². The highest BCUT2D eigenvalue weighted by atomic mass is 31.2. The monoisotopic (exact) mass is 805 g/mol. The molecule has 286 valence electrons. The van der Waals surface area contributed by atoms with E-state index in [0.717, 1.165) is 77.1 Å². The fraction of sp³-hybridized carbons (Fsp3) is 0. The van der Waals surface area contributed by atoms with Crippen LogP contribution in [-0.4, -0.2) is 5.84 Å². The smallest absolute Gasteiger partial charge is 0.161 e. The maximum Gasteiger partial charge on any atom is 0.161 e. The SMILES string of the molecule is c1ccc(C2=NP(c3cccc(-c4ccccc4)c3)(c3cccc(-c4ccccc4)c3)=NP(c3cccc(-c4ccccc4)c3)(c3cccc(-c4ccccc4)c3)=N2)cc1. The number of benzene rings is 9. The summed E-state index contributed by atoms with van der Waals surface area (Å²) in [5, 5.41) is 4.33. The molecule has 60 heavy (non-hydrogen) atoms. The average molecular weight is 806 g/mol. The van der Waals surface area contributed by atoms with E-state index in [0.29, 0.717) is 0 Å². The van der Waals surface area contributed by atoms with Crippen molar-refractivity contribution in [3.8, 4) is 44.5 Å². The molecular weight excluding hydrogens is 765 g/mol. The van der Waals surface area contributed by atoms with E-state index in [1.165, 1.54) is 0 Å². The van der Waals surface area contributed by atoms with Gasteiger partial charge in [-0.15, -0.1) is 0 Å². The van der Waals surface area contributed by atoms with Crippen molar-refractivity contribution in [2.75, 3.05) is 0 Å². The third-order valence-corrected chi connectivity index (χ3v) is 18.0. The normalized spacial score (nSPS) is 14.0. The summed E-state index contributed by atoms with van der Waals surface area (Å²) >= 11 is 0. The lowest BCUT2D eigenvalue weighted by atomic mass is 10.1. The van der Waals surface area contributed by atoms with Crippen LogP contribution < -0.4 is 21.2 Å². The topological polar surface area (TPSA) is 37.1 Å². The molecule has 0 saturated carbocycles. The maximum absolute atomic E-state index is 6.41. The van der Waals surface area contributed by atoms with Crippen LogP contribution in [0.1, 0.15) is 5.56 Å². The zero-order valence-corrected chi connectivity index (χ0v) is 34.7. The largest absolute Gasteiger partial charge is 0.223 e. The van der Waals surface area contributed by atoms with Gasteiger partial charge in [0.05, 0.1) is 0 Å². The van der Waals surface area contributed by atoms with Gasteiger partial charge in [-0.3, -0.25) is 0 Å². The van der Waals surface area contributed by atoms with Crippen molar-refractivity contribution < 1.29 is 0 Å². The Morgan fingerprint density at radius 2 is 0.500 bits per heavy atom. The summed E-state index contributed by atoms with van der Waals surface area (Å²) in [7, 11) is -6.14. The lowest BCUT2D eigenvalue weighted by Gasteiger charge is -2.33. The van der Waals surface area contributed by atoms with E-state index < -0.39 is 14.4 Å². The fourth-order valence-electron chi connectivity index (χ4n) is 8.00. The quantitative estimate of drug-likeness (QED) is 0.130. The van der Waals surface area contributed by atoms with Gasteiger partial charge >= 0.3 is 0 Å². The van der Waals surface area contributed by atoms with Crippen molar-refractivity contribution in [3.63, 3.8) is 0 Å². The van der Waals surface area contributed by atoms with Crippen LogP contribution in [0.15, 0.2) is 263 Å². The van der Waals surface area contributed by atoms with E-state index >= 15 is 0 Å². The molecule has 0 spiro atoms. The summed E-state index contributed by atoms with van der Waals surface area (Å²) in [4.78, 5) is 0. The predicted molar refractivity (Wildman–Crippen MR) is 258 cm³/mol. The molecule has 1 heterocycles. The van der Waals surface area contributed by atoms with E-state index in [1.54, 1.807) is 0 Å². The molecule has 0 unspecified atom stereocenters. The highest BCUT2D eigenvalue weighted by Gasteiger charge is 2.38. The van der Waals surface area contributed by atoms with Crippen molar-refractivity contribution in [1.82, 2.24) is 0 Å². The van der Waals surface area contributed by atoms with Crippen LogP contribution in [0.3, 0.4) is 0 Å². The first-order valence-corrected chi connectivity index (χ1v) is 23.6. The van der Waals surface area contributed by atoms with Crippen molar-refractivity contribution in [3.05, 3.63) is 254 Å². The van der Waals surface area contributed by atoms with Crippen LogP contribution in [0.25, 0.3) is 44.5 Å². The van der Waals surface area contributed by atoms with Crippen LogP contribution in [0, 0.1) is 0 Å². The molecule has 9 aromatic rings. The Bertz CT molecular complexity index is 2750. The number of nitrogens with zero attached hydrogens (tertiary/aromatic N) is 3. The molecule has 1 aliphatic rings. The molecule has 0 aliphatic carbocycles. The molecule has 0 fully saturated rings. The third kappa shape index (κ3) is 7.24. The van der Waals surface area contributed by atoms with Crippen LogP contribution in [0.2, 0.25) is 0 Å². The fourth-order valence-corrected chi connectivity index (χ4v) is 15.9. The second kappa shape index (κ2) is 16.4. The van der Waals surface area contributed by atoms with Gasteiger partial charge in [-0.1, -0.05) is 224 Å². The zero-order chi connectivity index (χ0) is 40.2. The Morgan fingerprint density at radius 1 is 0.233 bits per heavy atom. The van der Waals surface area contributed by atoms with Crippen LogP contribution in [0.5, 0.6) is 0 Å². The molecule has 9 aromatic carbocycles. The van der Waals surface area contributed by atoms with Crippen molar-refractivity contribution in [2.24, 2.45) is 14.0 Å². The number of rotatable bonds is 9. The summed E-state index contributed by atoms with van der Waals surface area (Å²) in [6, 6.07) is 88.7. The average Bonchev–Trinajstić information content (AvgIpc) is 3.35. The molecule has 0 saturated heterocycles. The molecular formula is C55H41N3P2. The molecule has 0 atom stereocenters. The summed E-state index contributed by atoms with van der Waals surface area (Å²) < 4.78 is 18.3. The van der Waals surface area contributed by atoms with Gasteiger partial charge in [0.1, 0.15) is 14.4 Å². The Balaban J connectivity index is 1.36. The van der Waals surface area contributed by atoms with Crippen LogP contribution in [-0.2, 0) is 0 Å². The van der Waals surface area contributed by atoms with Gasteiger partial charge in [-0.2, -0.15) is 0 Å². The van der Waals surface area contributed by atoms with Gasteiger partial charge in [-0.05, 0) is 68.8 Å². The Labute approximate surface area is 352 Å². The van der Waals surface area contributed by atoms with E-state index in [2.05, 4.69) is 249 Å². The first-order valence-electron chi connectivity index (χ1n) is 20.2. The molecule has 5 heteroatoms. The molecule has 3 nitrogen and oxygen atoms in total. The second-order valence-corrected chi connectivity index (χ2v) is 20.4. The minimum Gasteiger partial charge on any atom is -0.223 e. The molecule has 0 bridgehead atoms. The Kier molecular flexibility index (Phi) is 10.2. The Morgan fingerprint density at radius 3 is 0.817 bits per heavy atom.